The molecular formula is C18H23N3O4. The Morgan fingerprint density at radius 2 is 2.08 bits per heavy atom. The molecule has 1 amide bonds. The number of hydrogen-bond acceptors (Lipinski definition) is 6. The van der Waals surface area contributed by atoms with E-state index >= 15 is 0 Å². The predicted molar refractivity (Wildman–Crippen MR) is 89.9 cm³/mol. The van der Waals surface area contributed by atoms with Gasteiger partial charge in [0.1, 0.15) is 6.61 Å². The van der Waals surface area contributed by atoms with Crippen LogP contribution >= 0.6 is 0 Å². The molecule has 0 radical (unpaired) electrons. The van der Waals surface area contributed by atoms with Crippen molar-refractivity contribution in [3.8, 4) is 0 Å². The van der Waals surface area contributed by atoms with Gasteiger partial charge in [-0.05, 0) is 12.5 Å². The molecule has 1 aromatic carbocycles. The van der Waals surface area contributed by atoms with Crippen LogP contribution in [0.15, 0.2) is 34.9 Å². The van der Waals surface area contributed by atoms with E-state index in [2.05, 4.69) is 10.1 Å². The third-order valence-corrected chi connectivity index (χ3v) is 4.08. The van der Waals surface area contributed by atoms with Gasteiger partial charge in [-0.25, -0.2) is 0 Å². The first kappa shape index (κ1) is 17.6. The second-order valence-electron chi connectivity index (χ2n) is 5.97. The third-order valence-electron chi connectivity index (χ3n) is 4.08. The standard InChI is InChI=1S/C18H23N3O4/c1-2-23-13-17(22)21-10-15(11-21)18-19-16(20-25-18)8-9-24-12-14-6-4-3-5-7-14/h3-7,15H,2,8-13H2,1H3. The van der Waals surface area contributed by atoms with Crippen LogP contribution in [0, 0.1) is 0 Å². The molecular weight excluding hydrogens is 322 g/mol. The normalized spacial score (nSPS) is 14.5. The Bertz CT molecular complexity index is 668. The maximum Gasteiger partial charge on any atom is 0.248 e. The molecule has 0 aliphatic carbocycles. The van der Waals surface area contributed by atoms with Crippen molar-refractivity contribution in [3.05, 3.63) is 47.6 Å². The minimum atomic E-state index is 0.00662. The van der Waals surface area contributed by atoms with Crippen molar-refractivity contribution in [1.82, 2.24) is 15.0 Å². The Hall–Kier alpha value is -2.25. The fourth-order valence-electron chi connectivity index (χ4n) is 2.58. The number of carbonyl (C=O) groups excluding carboxylic acids is 1. The maximum absolute atomic E-state index is 11.8. The Kier molecular flexibility index (Phi) is 6.14. The zero-order valence-corrected chi connectivity index (χ0v) is 14.4. The molecule has 0 saturated carbocycles. The lowest BCUT2D eigenvalue weighted by Gasteiger charge is -2.36. The molecule has 0 unspecified atom stereocenters. The monoisotopic (exact) mass is 345 g/mol. The quantitative estimate of drug-likeness (QED) is 0.645. The summed E-state index contributed by atoms with van der Waals surface area (Å²) in [6.07, 6.45) is 0.607. The van der Waals surface area contributed by atoms with Crippen molar-refractivity contribution in [2.45, 2.75) is 25.9 Å². The molecule has 1 aromatic heterocycles. The van der Waals surface area contributed by atoms with E-state index in [0.717, 1.165) is 5.56 Å². The summed E-state index contributed by atoms with van der Waals surface area (Å²) in [7, 11) is 0. The molecule has 25 heavy (non-hydrogen) atoms. The number of likely N-dealkylation sites (tertiary alicyclic amines) is 1. The summed E-state index contributed by atoms with van der Waals surface area (Å²) in [6, 6.07) is 10.0. The van der Waals surface area contributed by atoms with E-state index in [1.54, 1.807) is 4.90 Å². The van der Waals surface area contributed by atoms with Crippen molar-refractivity contribution in [1.29, 1.82) is 0 Å². The predicted octanol–water partition coefficient (Wildman–Crippen LogP) is 1.79. The van der Waals surface area contributed by atoms with E-state index in [0.29, 0.717) is 51.0 Å². The third kappa shape index (κ3) is 4.87. The fourth-order valence-corrected chi connectivity index (χ4v) is 2.58. The van der Waals surface area contributed by atoms with Gasteiger partial charge in [0.25, 0.3) is 0 Å². The minimum Gasteiger partial charge on any atom is -0.376 e. The van der Waals surface area contributed by atoms with Crippen LogP contribution in [0.2, 0.25) is 0 Å². The highest BCUT2D eigenvalue weighted by Crippen LogP contribution is 2.25. The van der Waals surface area contributed by atoms with E-state index in [9.17, 15) is 4.79 Å². The lowest BCUT2D eigenvalue weighted by atomic mass is 10.0. The van der Waals surface area contributed by atoms with Crippen LogP contribution in [-0.2, 0) is 27.3 Å². The van der Waals surface area contributed by atoms with Crippen LogP contribution in [0.1, 0.15) is 30.1 Å². The summed E-state index contributed by atoms with van der Waals surface area (Å²) >= 11 is 0. The average Bonchev–Trinajstić information content (AvgIpc) is 3.05. The maximum atomic E-state index is 11.8. The number of rotatable bonds is 9. The summed E-state index contributed by atoms with van der Waals surface area (Å²) in [5.41, 5.74) is 1.14. The van der Waals surface area contributed by atoms with Crippen LogP contribution in [-0.4, -0.2) is 53.9 Å². The highest BCUT2D eigenvalue weighted by Gasteiger charge is 2.35. The Labute approximate surface area is 146 Å². The Balaban J connectivity index is 1.36. The number of carbonyl (C=O) groups is 1. The van der Waals surface area contributed by atoms with Crippen LogP contribution in [0.3, 0.4) is 0 Å². The lowest BCUT2D eigenvalue weighted by Crippen LogP contribution is -2.49. The topological polar surface area (TPSA) is 77.7 Å². The van der Waals surface area contributed by atoms with Crippen LogP contribution < -0.4 is 0 Å². The van der Waals surface area contributed by atoms with Gasteiger partial charge in [0.05, 0.1) is 19.1 Å². The van der Waals surface area contributed by atoms with Crippen LogP contribution in [0.5, 0.6) is 0 Å². The van der Waals surface area contributed by atoms with Gasteiger partial charge in [0.2, 0.25) is 11.8 Å². The lowest BCUT2D eigenvalue weighted by molar-refractivity contribution is -0.140. The SMILES string of the molecule is CCOCC(=O)N1CC(c2nc(CCOCc3ccccc3)no2)C1. The summed E-state index contributed by atoms with van der Waals surface area (Å²) in [5, 5.41) is 3.99. The molecule has 1 aliphatic heterocycles. The number of amides is 1. The molecule has 2 aromatic rings. The molecule has 3 rings (SSSR count). The number of nitrogens with zero attached hydrogens (tertiary/aromatic N) is 3. The van der Waals surface area contributed by atoms with E-state index in [1.165, 1.54) is 0 Å². The smallest absolute Gasteiger partial charge is 0.248 e. The number of benzene rings is 1. The molecule has 134 valence electrons. The van der Waals surface area contributed by atoms with Gasteiger partial charge in [0.15, 0.2) is 5.82 Å². The average molecular weight is 345 g/mol. The van der Waals surface area contributed by atoms with E-state index in [4.69, 9.17) is 14.0 Å². The van der Waals surface area contributed by atoms with Gasteiger partial charge in [-0.3, -0.25) is 4.79 Å². The first-order valence-corrected chi connectivity index (χ1v) is 8.56. The molecule has 0 atom stereocenters. The van der Waals surface area contributed by atoms with Gasteiger partial charge in [-0.1, -0.05) is 35.5 Å². The summed E-state index contributed by atoms with van der Waals surface area (Å²) in [5.74, 6) is 1.37. The molecule has 1 saturated heterocycles. The first-order valence-electron chi connectivity index (χ1n) is 8.56. The van der Waals surface area contributed by atoms with Gasteiger partial charge < -0.3 is 18.9 Å². The zero-order chi connectivity index (χ0) is 17.5. The Morgan fingerprint density at radius 3 is 2.84 bits per heavy atom. The van der Waals surface area contributed by atoms with Crippen LogP contribution in [0.25, 0.3) is 0 Å². The second kappa shape index (κ2) is 8.73. The molecule has 1 fully saturated rings. The molecule has 7 nitrogen and oxygen atoms in total. The molecule has 0 N–H and O–H groups in total. The van der Waals surface area contributed by atoms with Crippen molar-refractivity contribution < 1.29 is 18.8 Å². The molecule has 0 spiro atoms. The highest BCUT2D eigenvalue weighted by atomic mass is 16.5. The number of ether oxygens (including phenoxy) is 2. The Morgan fingerprint density at radius 1 is 1.28 bits per heavy atom. The van der Waals surface area contributed by atoms with E-state index in [-0.39, 0.29) is 18.4 Å². The fraction of sp³-hybridized carbons (Fsp3) is 0.500. The van der Waals surface area contributed by atoms with E-state index < -0.39 is 0 Å². The van der Waals surface area contributed by atoms with Gasteiger partial charge in [0, 0.05) is 26.1 Å². The van der Waals surface area contributed by atoms with Crippen LogP contribution in [0.4, 0.5) is 0 Å². The zero-order valence-electron chi connectivity index (χ0n) is 14.4. The molecule has 2 heterocycles. The van der Waals surface area contributed by atoms with Gasteiger partial charge in [-0.2, -0.15) is 4.98 Å². The van der Waals surface area contributed by atoms with Crippen molar-refractivity contribution >= 4 is 5.91 Å². The molecule has 0 bridgehead atoms. The highest BCUT2D eigenvalue weighted by molar-refractivity contribution is 5.78. The number of aromatic nitrogens is 2. The second-order valence-corrected chi connectivity index (χ2v) is 5.97. The summed E-state index contributed by atoms with van der Waals surface area (Å²) in [6.45, 7) is 4.88. The first-order chi connectivity index (χ1) is 12.3. The largest absolute Gasteiger partial charge is 0.376 e. The summed E-state index contributed by atoms with van der Waals surface area (Å²) < 4.78 is 16.1. The van der Waals surface area contributed by atoms with Gasteiger partial charge >= 0.3 is 0 Å². The molecule has 7 heteroatoms. The molecule has 1 aliphatic rings. The van der Waals surface area contributed by atoms with Crippen molar-refractivity contribution in [2.75, 3.05) is 32.9 Å². The minimum absolute atomic E-state index is 0.00662. The van der Waals surface area contributed by atoms with Crippen molar-refractivity contribution in [2.24, 2.45) is 0 Å². The number of hydrogen-bond donors (Lipinski definition) is 0. The van der Waals surface area contributed by atoms with Crippen molar-refractivity contribution in [3.63, 3.8) is 0 Å². The summed E-state index contributed by atoms with van der Waals surface area (Å²) in [4.78, 5) is 17.9. The van der Waals surface area contributed by atoms with Gasteiger partial charge in [-0.15, -0.1) is 0 Å². The van der Waals surface area contributed by atoms with E-state index in [1.807, 2.05) is 37.3 Å².